The molecule has 4 aromatic rings. The van der Waals surface area contributed by atoms with Gasteiger partial charge in [-0.25, -0.2) is 0 Å². The zero-order chi connectivity index (χ0) is 24.4. The van der Waals surface area contributed by atoms with Crippen LogP contribution < -0.4 is 10.1 Å². The van der Waals surface area contributed by atoms with E-state index in [2.05, 4.69) is 29.5 Å². The largest absolute Gasteiger partial charge is 0.483 e. The Morgan fingerprint density at radius 2 is 1.76 bits per heavy atom. The summed E-state index contributed by atoms with van der Waals surface area (Å²) in [6, 6.07) is 14.5. The number of nitrogens with zero attached hydrogens (tertiary/aromatic N) is 2. The summed E-state index contributed by atoms with van der Waals surface area (Å²) in [5, 5.41) is 8.50. The van der Waals surface area contributed by atoms with Crippen LogP contribution in [0.2, 0.25) is 15.1 Å². The Hall–Kier alpha value is -2.93. The average Bonchev–Trinajstić information content (AvgIpc) is 3.35. The number of aromatic nitrogens is 2. The summed E-state index contributed by atoms with van der Waals surface area (Å²) in [4.78, 5) is 12.8. The molecule has 0 bridgehead atoms. The normalized spacial score (nSPS) is 11.0. The Kier molecular flexibility index (Phi) is 7.22. The second-order valence-electron chi connectivity index (χ2n) is 7.84. The molecule has 0 aliphatic heterocycles. The first-order valence-electron chi connectivity index (χ1n) is 10.5. The highest BCUT2D eigenvalue weighted by atomic mass is 35.5. The molecule has 6 nitrogen and oxygen atoms in total. The maximum Gasteiger partial charge on any atom is 0.291 e. The molecule has 2 heterocycles. The van der Waals surface area contributed by atoms with Crippen LogP contribution in [0.3, 0.4) is 0 Å². The van der Waals surface area contributed by atoms with Gasteiger partial charge in [0.2, 0.25) is 0 Å². The predicted molar refractivity (Wildman–Crippen MR) is 134 cm³/mol. The molecule has 0 saturated heterocycles. The second-order valence-corrected chi connectivity index (χ2v) is 9.09. The standard InChI is InChI=1S/C25H22Cl3N3O3/c1-14-6-4-5-7-17(14)12-31-16(3)23(15(2)30-31)29-25(32)22-9-8-19(34-22)13-33-24-20(27)10-18(26)11-21(24)28/h4-11H,12-13H2,1-3H3,(H,29,32). The van der Waals surface area contributed by atoms with E-state index in [9.17, 15) is 4.79 Å². The number of ether oxygens (including phenoxy) is 1. The van der Waals surface area contributed by atoms with Crippen molar-refractivity contribution in [1.29, 1.82) is 0 Å². The van der Waals surface area contributed by atoms with Crippen LogP contribution in [0.4, 0.5) is 5.69 Å². The lowest BCUT2D eigenvalue weighted by Crippen LogP contribution is -2.12. The number of nitrogens with one attached hydrogen (secondary N) is 1. The summed E-state index contributed by atoms with van der Waals surface area (Å²) in [5.74, 6) is 0.506. The molecule has 0 aliphatic rings. The van der Waals surface area contributed by atoms with Gasteiger partial charge in [0.15, 0.2) is 11.5 Å². The van der Waals surface area contributed by atoms with Gasteiger partial charge >= 0.3 is 0 Å². The molecule has 1 amide bonds. The first kappa shape index (κ1) is 24.2. The maximum absolute atomic E-state index is 12.8. The SMILES string of the molecule is Cc1ccccc1Cn1nc(C)c(NC(=O)c2ccc(COc3c(Cl)cc(Cl)cc3Cl)o2)c1C. The van der Waals surface area contributed by atoms with Gasteiger partial charge in [0.05, 0.1) is 33.7 Å². The molecule has 0 unspecified atom stereocenters. The zero-order valence-electron chi connectivity index (χ0n) is 18.8. The van der Waals surface area contributed by atoms with Crippen LogP contribution in [0, 0.1) is 20.8 Å². The zero-order valence-corrected chi connectivity index (χ0v) is 21.1. The minimum Gasteiger partial charge on any atom is -0.483 e. The third-order valence-corrected chi connectivity index (χ3v) is 6.19. The molecule has 0 radical (unpaired) electrons. The lowest BCUT2D eigenvalue weighted by atomic mass is 10.1. The highest BCUT2D eigenvalue weighted by Gasteiger charge is 2.19. The molecule has 2 aromatic heterocycles. The van der Waals surface area contributed by atoms with Gasteiger partial charge in [-0.15, -0.1) is 0 Å². The van der Waals surface area contributed by atoms with Gasteiger partial charge in [0, 0.05) is 5.02 Å². The number of anilines is 1. The van der Waals surface area contributed by atoms with E-state index in [1.54, 1.807) is 12.1 Å². The fraction of sp³-hybridized carbons (Fsp3) is 0.200. The van der Waals surface area contributed by atoms with Crippen molar-refractivity contribution in [1.82, 2.24) is 9.78 Å². The monoisotopic (exact) mass is 517 g/mol. The topological polar surface area (TPSA) is 69.3 Å². The van der Waals surface area contributed by atoms with Gasteiger partial charge < -0.3 is 14.5 Å². The van der Waals surface area contributed by atoms with Crippen molar-refractivity contribution >= 4 is 46.4 Å². The molecule has 2 aromatic carbocycles. The first-order chi connectivity index (χ1) is 16.2. The highest BCUT2D eigenvalue weighted by molar-refractivity contribution is 6.40. The van der Waals surface area contributed by atoms with Gasteiger partial charge in [-0.3, -0.25) is 9.48 Å². The van der Waals surface area contributed by atoms with Gasteiger partial charge in [-0.1, -0.05) is 59.1 Å². The summed E-state index contributed by atoms with van der Waals surface area (Å²) in [5.41, 5.74) is 4.60. The molecule has 0 fully saturated rings. The van der Waals surface area contributed by atoms with Gasteiger partial charge in [0.25, 0.3) is 5.91 Å². The van der Waals surface area contributed by atoms with Crippen molar-refractivity contribution in [3.05, 3.63) is 97.6 Å². The van der Waals surface area contributed by atoms with Crippen molar-refractivity contribution in [2.45, 2.75) is 33.9 Å². The minimum atomic E-state index is -0.379. The summed E-state index contributed by atoms with van der Waals surface area (Å²) >= 11 is 18.2. The molecule has 0 atom stereocenters. The molecule has 34 heavy (non-hydrogen) atoms. The minimum absolute atomic E-state index is 0.0424. The van der Waals surface area contributed by atoms with Gasteiger partial charge in [0.1, 0.15) is 12.4 Å². The van der Waals surface area contributed by atoms with E-state index in [4.69, 9.17) is 44.0 Å². The van der Waals surface area contributed by atoms with E-state index in [1.165, 1.54) is 23.3 Å². The highest BCUT2D eigenvalue weighted by Crippen LogP contribution is 2.36. The Labute approximate surface area is 212 Å². The van der Waals surface area contributed by atoms with E-state index in [0.717, 1.165) is 11.4 Å². The number of amides is 1. The maximum atomic E-state index is 12.8. The summed E-state index contributed by atoms with van der Waals surface area (Å²) in [6.07, 6.45) is 0. The molecule has 0 spiro atoms. The summed E-state index contributed by atoms with van der Waals surface area (Å²) in [6.45, 7) is 6.51. The van der Waals surface area contributed by atoms with Crippen LogP contribution in [0.5, 0.6) is 5.75 Å². The van der Waals surface area contributed by atoms with Crippen molar-refractivity contribution in [3.63, 3.8) is 0 Å². The molecule has 4 rings (SSSR count). The number of rotatable bonds is 7. The van der Waals surface area contributed by atoms with E-state index >= 15 is 0 Å². The lowest BCUT2D eigenvalue weighted by Gasteiger charge is -2.09. The van der Waals surface area contributed by atoms with Crippen LogP contribution in [-0.2, 0) is 13.2 Å². The second kappa shape index (κ2) is 10.1. The van der Waals surface area contributed by atoms with Gasteiger partial charge in [-0.2, -0.15) is 5.10 Å². The molecule has 1 N–H and O–H groups in total. The van der Waals surface area contributed by atoms with Gasteiger partial charge in [-0.05, 0) is 56.2 Å². The summed E-state index contributed by atoms with van der Waals surface area (Å²) < 4.78 is 13.2. The Balaban J connectivity index is 1.44. The van der Waals surface area contributed by atoms with Crippen molar-refractivity contribution in [2.75, 3.05) is 5.32 Å². The van der Waals surface area contributed by atoms with Crippen molar-refractivity contribution in [2.24, 2.45) is 0 Å². The Morgan fingerprint density at radius 1 is 1.06 bits per heavy atom. The molecule has 9 heteroatoms. The smallest absolute Gasteiger partial charge is 0.291 e. The fourth-order valence-corrected chi connectivity index (χ4v) is 4.47. The number of aryl methyl sites for hydroxylation is 2. The molecular weight excluding hydrogens is 497 g/mol. The lowest BCUT2D eigenvalue weighted by molar-refractivity contribution is 0.0992. The van der Waals surface area contributed by atoms with Crippen LogP contribution >= 0.6 is 34.8 Å². The molecule has 0 saturated carbocycles. The van der Waals surface area contributed by atoms with E-state index in [0.29, 0.717) is 28.8 Å². The number of benzene rings is 2. The number of hydrogen-bond acceptors (Lipinski definition) is 4. The number of hydrogen-bond donors (Lipinski definition) is 1. The van der Waals surface area contributed by atoms with E-state index in [1.807, 2.05) is 30.7 Å². The average molecular weight is 519 g/mol. The fourth-order valence-electron chi connectivity index (χ4n) is 3.54. The number of halogens is 3. The molecule has 0 aliphatic carbocycles. The Bertz CT molecular complexity index is 1340. The summed E-state index contributed by atoms with van der Waals surface area (Å²) in [7, 11) is 0. The number of carbonyl (C=O) groups excluding carboxylic acids is 1. The third-order valence-electron chi connectivity index (χ3n) is 5.41. The van der Waals surface area contributed by atoms with Crippen LogP contribution in [0.1, 0.15) is 38.8 Å². The third kappa shape index (κ3) is 5.25. The van der Waals surface area contributed by atoms with Crippen molar-refractivity contribution < 1.29 is 13.9 Å². The van der Waals surface area contributed by atoms with Crippen LogP contribution in [0.15, 0.2) is 52.9 Å². The van der Waals surface area contributed by atoms with Crippen LogP contribution in [0.25, 0.3) is 0 Å². The van der Waals surface area contributed by atoms with Crippen molar-refractivity contribution in [3.8, 4) is 5.75 Å². The first-order valence-corrected chi connectivity index (χ1v) is 11.6. The van der Waals surface area contributed by atoms with E-state index < -0.39 is 0 Å². The number of carbonyl (C=O) groups is 1. The predicted octanol–water partition coefficient (Wildman–Crippen LogP) is 7.24. The number of furan rings is 1. The Morgan fingerprint density at radius 3 is 2.47 bits per heavy atom. The quantitative estimate of drug-likeness (QED) is 0.280. The van der Waals surface area contributed by atoms with E-state index in [-0.39, 0.29) is 28.3 Å². The van der Waals surface area contributed by atoms with Crippen LogP contribution in [-0.4, -0.2) is 15.7 Å². The molecular formula is C25H22Cl3N3O3. The molecule has 176 valence electrons.